The van der Waals surface area contributed by atoms with Crippen LogP contribution >= 0.6 is 15.9 Å². The molecule has 0 unspecified atom stereocenters. The highest BCUT2D eigenvalue weighted by Crippen LogP contribution is 2.30. The zero-order valence-electron chi connectivity index (χ0n) is 21.5. The third-order valence-corrected chi connectivity index (χ3v) is 6.52. The maximum atomic E-state index is 12.9. The zero-order chi connectivity index (χ0) is 29.1. The molecule has 0 atom stereocenters. The summed E-state index contributed by atoms with van der Waals surface area (Å²) >= 11 is 3.38. The number of benzene rings is 3. The number of aromatic carboxylic acids is 1. The molecule has 40 heavy (non-hydrogen) atoms. The summed E-state index contributed by atoms with van der Waals surface area (Å²) in [5, 5.41) is 18.1. The fraction of sp³-hybridized carbons (Fsp3) is 0.310. The molecule has 11 heteroatoms. The number of carboxylic acids is 2. The van der Waals surface area contributed by atoms with Crippen LogP contribution in [0.1, 0.15) is 46.3 Å². The molecule has 3 aromatic carbocycles. The summed E-state index contributed by atoms with van der Waals surface area (Å²) < 4.78 is 49.7. The van der Waals surface area contributed by atoms with Gasteiger partial charge >= 0.3 is 18.3 Å². The van der Waals surface area contributed by atoms with Gasteiger partial charge in [-0.2, -0.15) is 0 Å². The van der Waals surface area contributed by atoms with Crippen molar-refractivity contribution in [3.63, 3.8) is 0 Å². The highest BCUT2D eigenvalue weighted by molar-refractivity contribution is 9.10. The summed E-state index contributed by atoms with van der Waals surface area (Å²) in [6, 6.07) is 17.9. The van der Waals surface area contributed by atoms with Gasteiger partial charge in [0.25, 0.3) is 0 Å². The molecule has 0 aromatic heterocycles. The number of carbonyl (C=O) groups is 2. The van der Waals surface area contributed by atoms with Gasteiger partial charge in [-0.25, -0.2) is 4.79 Å². The molecule has 0 aliphatic rings. The van der Waals surface area contributed by atoms with Gasteiger partial charge in [-0.1, -0.05) is 40.2 Å². The van der Waals surface area contributed by atoms with Crippen molar-refractivity contribution in [1.82, 2.24) is 4.90 Å². The van der Waals surface area contributed by atoms with E-state index in [9.17, 15) is 22.8 Å². The molecule has 2 N–H and O–H groups in total. The van der Waals surface area contributed by atoms with E-state index in [2.05, 4.69) is 20.7 Å². The first-order valence-corrected chi connectivity index (χ1v) is 13.3. The monoisotopic (exact) mass is 623 g/mol. The van der Waals surface area contributed by atoms with Crippen molar-refractivity contribution in [2.24, 2.45) is 0 Å². The van der Waals surface area contributed by atoms with E-state index in [0.717, 1.165) is 15.6 Å². The van der Waals surface area contributed by atoms with Crippen molar-refractivity contribution in [2.75, 3.05) is 13.1 Å². The molecule has 3 aromatic rings. The lowest BCUT2D eigenvalue weighted by molar-refractivity contribution is -0.274. The normalized spacial score (nSPS) is 11.4. The summed E-state index contributed by atoms with van der Waals surface area (Å²) in [7, 11) is 0. The second-order valence-electron chi connectivity index (χ2n) is 9.11. The number of hydrogen-bond acceptors (Lipinski definition) is 5. The number of nitrogens with zero attached hydrogens (tertiary/aromatic N) is 1. The Hall–Kier alpha value is -3.57. The van der Waals surface area contributed by atoms with Crippen LogP contribution in [0.3, 0.4) is 0 Å². The molecule has 3 rings (SSSR count). The highest BCUT2D eigenvalue weighted by Gasteiger charge is 2.31. The standard InChI is InChI=1S/C29H29BrF3NO6/c30-24-10-6-21(7-11-24)19-39-26-13-12-25(40-29(31,32)33)17-23(26)14-16-34(15-2-1-3-27(35)36)18-20-4-8-22(9-5-20)28(37)38/h4-13,17H,1-3,14-16,18-19H2,(H,35,36)(H,37,38). The number of halogens is 4. The summed E-state index contributed by atoms with van der Waals surface area (Å²) in [4.78, 5) is 24.1. The Kier molecular flexibility index (Phi) is 11.4. The van der Waals surface area contributed by atoms with E-state index < -0.39 is 18.3 Å². The summed E-state index contributed by atoms with van der Waals surface area (Å²) in [5.74, 6) is -1.84. The van der Waals surface area contributed by atoms with E-state index in [4.69, 9.17) is 14.9 Å². The van der Waals surface area contributed by atoms with E-state index >= 15 is 0 Å². The zero-order valence-corrected chi connectivity index (χ0v) is 23.1. The van der Waals surface area contributed by atoms with E-state index in [-0.39, 0.29) is 24.3 Å². The van der Waals surface area contributed by atoms with Crippen LogP contribution in [0.4, 0.5) is 13.2 Å². The van der Waals surface area contributed by atoms with Crippen LogP contribution in [0.5, 0.6) is 11.5 Å². The van der Waals surface area contributed by atoms with Gasteiger partial charge in [-0.05, 0) is 85.0 Å². The summed E-state index contributed by atoms with van der Waals surface area (Å²) in [6.07, 6.45) is -3.40. The number of alkyl halides is 3. The Morgan fingerprint density at radius 2 is 1.55 bits per heavy atom. The van der Waals surface area contributed by atoms with Gasteiger partial charge in [-0.15, -0.1) is 13.2 Å². The van der Waals surface area contributed by atoms with Gasteiger partial charge in [0, 0.05) is 24.0 Å². The maximum absolute atomic E-state index is 12.9. The lowest BCUT2D eigenvalue weighted by Gasteiger charge is -2.23. The van der Waals surface area contributed by atoms with E-state index in [1.54, 1.807) is 12.1 Å². The molecular formula is C29H29BrF3NO6. The van der Waals surface area contributed by atoms with Crippen molar-refractivity contribution in [2.45, 2.75) is 45.2 Å². The van der Waals surface area contributed by atoms with Crippen molar-refractivity contribution in [1.29, 1.82) is 0 Å². The molecular weight excluding hydrogens is 595 g/mol. The quantitative estimate of drug-likeness (QED) is 0.177. The molecule has 0 heterocycles. The van der Waals surface area contributed by atoms with Crippen LogP contribution in [0, 0.1) is 0 Å². The average molecular weight is 624 g/mol. The fourth-order valence-corrected chi connectivity index (χ4v) is 4.27. The molecule has 0 fully saturated rings. The molecule has 0 saturated heterocycles. The summed E-state index contributed by atoms with van der Waals surface area (Å²) in [6.45, 7) is 1.63. The maximum Gasteiger partial charge on any atom is 0.573 e. The molecule has 0 radical (unpaired) electrons. The van der Waals surface area contributed by atoms with Gasteiger partial charge in [0.2, 0.25) is 0 Å². The Morgan fingerprint density at radius 1 is 0.875 bits per heavy atom. The molecule has 0 aliphatic carbocycles. The van der Waals surface area contributed by atoms with Crippen LogP contribution in [-0.4, -0.2) is 46.5 Å². The van der Waals surface area contributed by atoms with E-state index in [1.807, 2.05) is 29.2 Å². The highest BCUT2D eigenvalue weighted by atomic mass is 79.9. The summed E-state index contributed by atoms with van der Waals surface area (Å²) in [5.41, 5.74) is 2.42. The minimum absolute atomic E-state index is 0.0338. The van der Waals surface area contributed by atoms with Gasteiger partial charge in [0.1, 0.15) is 18.1 Å². The number of carboxylic acid groups (broad SMARTS) is 2. The number of aliphatic carboxylic acids is 1. The van der Waals surface area contributed by atoms with E-state index in [0.29, 0.717) is 50.2 Å². The molecule has 0 amide bonds. The molecule has 214 valence electrons. The van der Waals surface area contributed by atoms with Crippen molar-refractivity contribution in [3.8, 4) is 11.5 Å². The smallest absolute Gasteiger partial charge is 0.489 e. The minimum Gasteiger partial charge on any atom is -0.489 e. The van der Waals surface area contributed by atoms with Crippen molar-refractivity contribution >= 4 is 27.9 Å². The number of hydrogen-bond donors (Lipinski definition) is 2. The number of unbranched alkanes of at least 4 members (excludes halogenated alkanes) is 1. The molecule has 7 nitrogen and oxygen atoms in total. The van der Waals surface area contributed by atoms with E-state index in [1.165, 1.54) is 30.3 Å². The SMILES string of the molecule is O=C(O)CCCCN(CCc1cc(OC(F)(F)F)ccc1OCc1ccc(Br)cc1)Cc1ccc(C(=O)O)cc1. The van der Waals surface area contributed by atoms with Crippen molar-refractivity contribution < 1.29 is 42.4 Å². The molecule has 0 aliphatic heterocycles. The van der Waals surface area contributed by atoms with Crippen LogP contribution < -0.4 is 9.47 Å². The van der Waals surface area contributed by atoms with Gasteiger partial charge in [-0.3, -0.25) is 9.69 Å². The fourth-order valence-electron chi connectivity index (χ4n) is 4.00. The first-order valence-electron chi connectivity index (χ1n) is 12.5. The Morgan fingerprint density at radius 3 is 2.17 bits per heavy atom. The first-order chi connectivity index (χ1) is 19.0. The largest absolute Gasteiger partial charge is 0.573 e. The van der Waals surface area contributed by atoms with Gasteiger partial charge in [0.05, 0.1) is 5.56 Å². The molecule has 0 saturated carbocycles. The van der Waals surface area contributed by atoms with Crippen LogP contribution in [0.15, 0.2) is 71.2 Å². The minimum atomic E-state index is -4.84. The third kappa shape index (κ3) is 10.9. The predicted octanol–water partition coefficient (Wildman–Crippen LogP) is 6.92. The third-order valence-electron chi connectivity index (χ3n) is 5.99. The first kappa shape index (κ1) is 31.0. The van der Waals surface area contributed by atoms with Crippen LogP contribution in [0.25, 0.3) is 0 Å². The second kappa shape index (κ2) is 14.7. The molecule has 0 bridgehead atoms. The van der Waals surface area contributed by atoms with Crippen LogP contribution in [-0.2, 0) is 24.4 Å². The van der Waals surface area contributed by atoms with Crippen LogP contribution in [0.2, 0.25) is 0 Å². The second-order valence-corrected chi connectivity index (χ2v) is 10.0. The average Bonchev–Trinajstić information content (AvgIpc) is 2.89. The Balaban J connectivity index is 1.77. The lowest BCUT2D eigenvalue weighted by Crippen LogP contribution is -2.27. The predicted molar refractivity (Wildman–Crippen MR) is 145 cm³/mol. The number of ether oxygens (including phenoxy) is 2. The lowest BCUT2D eigenvalue weighted by atomic mass is 10.1. The van der Waals surface area contributed by atoms with Gasteiger partial charge in [0.15, 0.2) is 0 Å². The Labute approximate surface area is 238 Å². The Bertz CT molecular complexity index is 1270. The molecule has 0 spiro atoms. The topological polar surface area (TPSA) is 96.3 Å². The number of rotatable bonds is 15. The van der Waals surface area contributed by atoms with Gasteiger partial charge < -0.3 is 19.7 Å². The van der Waals surface area contributed by atoms with Crippen molar-refractivity contribution in [3.05, 3.63) is 93.5 Å².